The lowest BCUT2D eigenvalue weighted by Crippen LogP contribution is -2.07. The van der Waals surface area contributed by atoms with Crippen LogP contribution in [0.5, 0.6) is 0 Å². The number of rotatable bonds is 4. The summed E-state index contributed by atoms with van der Waals surface area (Å²) in [4.78, 5) is 15.9. The number of furan rings is 2. The summed E-state index contributed by atoms with van der Waals surface area (Å²) in [6, 6.07) is 50.2. The number of aryl methyl sites for hydroxylation is 1. The van der Waals surface area contributed by atoms with Crippen molar-refractivity contribution in [2.75, 3.05) is 0 Å². The molecule has 0 atom stereocenters. The van der Waals surface area contributed by atoms with Crippen LogP contribution in [0.25, 0.3) is 100 Å². The summed E-state index contributed by atoms with van der Waals surface area (Å²) < 4.78 is 12.8. The second-order valence-corrected chi connectivity index (χ2v) is 13.5. The highest BCUT2D eigenvalue weighted by Gasteiger charge is 2.23. The molecule has 0 fully saturated rings. The molecule has 52 heavy (non-hydrogen) atoms. The predicted molar refractivity (Wildman–Crippen MR) is 211 cm³/mol. The van der Waals surface area contributed by atoms with Crippen LogP contribution in [0, 0.1) is 0 Å². The summed E-state index contributed by atoms with van der Waals surface area (Å²) in [6.45, 7) is 0. The molecule has 1 aliphatic rings. The Bertz CT molecular complexity index is 3080. The molecule has 11 rings (SSSR count). The van der Waals surface area contributed by atoms with Gasteiger partial charge in [-0.25, -0.2) is 15.0 Å². The first-order valence-electron chi connectivity index (χ1n) is 17.6. The van der Waals surface area contributed by atoms with Crippen LogP contribution in [0.1, 0.15) is 23.4 Å². The Morgan fingerprint density at radius 2 is 1.06 bits per heavy atom. The second kappa shape index (κ2) is 11.3. The Balaban J connectivity index is 1.20. The Hall–Kier alpha value is -6.85. The Morgan fingerprint density at radius 3 is 1.87 bits per heavy atom. The number of benzene rings is 7. The Labute approximate surface area is 298 Å². The number of hydrogen-bond donors (Lipinski definition) is 0. The molecule has 1 aliphatic carbocycles. The van der Waals surface area contributed by atoms with Gasteiger partial charge in [0.15, 0.2) is 17.5 Å². The van der Waals surface area contributed by atoms with Crippen LogP contribution in [0.15, 0.2) is 154 Å². The molecule has 0 bridgehead atoms. The number of para-hydroxylation sites is 2. The summed E-state index contributed by atoms with van der Waals surface area (Å²) in [5.41, 5.74) is 10.8. The van der Waals surface area contributed by atoms with Gasteiger partial charge in [-0.1, -0.05) is 115 Å². The molecular formula is C47H29N3O2. The van der Waals surface area contributed by atoms with E-state index < -0.39 is 0 Å². The van der Waals surface area contributed by atoms with Gasteiger partial charge >= 0.3 is 0 Å². The molecule has 0 radical (unpaired) electrons. The van der Waals surface area contributed by atoms with Crippen molar-refractivity contribution in [1.29, 1.82) is 0 Å². The normalized spacial score (nSPS) is 13.0. The fraction of sp³-hybridized carbons (Fsp3) is 0.0426. The van der Waals surface area contributed by atoms with Gasteiger partial charge in [-0.05, 0) is 87.8 Å². The molecule has 0 spiro atoms. The molecule has 0 aliphatic heterocycles. The smallest absolute Gasteiger partial charge is 0.164 e. The van der Waals surface area contributed by atoms with E-state index in [1.807, 2.05) is 48.5 Å². The minimum absolute atomic E-state index is 0.601. The average Bonchev–Trinajstić information content (AvgIpc) is 3.79. The van der Waals surface area contributed by atoms with Gasteiger partial charge in [0.25, 0.3) is 0 Å². The molecule has 3 aromatic heterocycles. The third-order valence-corrected chi connectivity index (χ3v) is 10.4. The van der Waals surface area contributed by atoms with Crippen molar-refractivity contribution in [3.63, 3.8) is 0 Å². The summed E-state index contributed by atoms with van der Waals surface area (Å²) in [6.07, 6.45) is 3.99. The summed E-state index contributed by atoms with van der Waals surface area (Å²) in [7, 11) is 0. The number of hydrogen-bond acceptors (Lipinski definition) is 5. The van der Waals surface area contributed by atoms with E-state index in [0.717, 1.165) is 84.5 Å². The second-order valence-electron chi connectivity index (χ2n) is 13.5. The van der Waals surface area contributed by atoms with Gasteiger partial charge in [-0.2, -0.15) is 0 Å². The van der Waals surface area contributed by atoms with Crippen LogP contribution >= 0.6 is 0 Å². The van der Waals surface area contributed by atoms with E-state index in [-0.39, 0.29) is 0 Å². The lowest BCUT2D eigenvalue weighted by molar-refractivity contribution is 0.668. The summed E-state index contributed by atoms with van der Waals surface area (Å²) >= 11 is 0. The molecule has 0 saturated carbocycles. The zero-order chi connectivity index (χ0) is 34.2. The topological polar surface area (TPSA) is 65.0 Å². The summed E-state index contributed by atoms with van der Waals surface area (Å²) in [5, 5.41) is 6.60. The van der Waals surface area contributed by atoms with E-state index in [1.54, 1.807) is 0 Å². The van der Waals surface area contributed by atoms with Crippen LogP contribution in [-0.4, -0.2) is 15.0 Å². The van der Waals surface area contributed by atoms with Crippen molar-refractivity contribution < 1.29 is 8.83 Å². The first-order chi connectivity index (χ1) is 25.7. The number of nitrogens with zero attached hydrogens (tertiary/aromatic N) is 3. The van der Waals surface area contributed by atoms with Gasteiger partial charge < -0.3 is 8.83 Å². The maximum atomic E-state index is 6.51. The zero-order valence-corrected chi connectivity index (χ0v) is 28.0. The number of fused-ring (bicyclic) bond motifs is 9. The van der Waals surface area contributed by atoms with Crippen molar-refractivity contribution in [3.8, 4) is 33.9 Å². The molecular weight excluding hydrogens is 639 g/mol. The highest BCUT2D eigenvalue weighted by atomic mass is 16.3. The fourth-order valence-corrected chi connectivity index (χ4v) is 8.01. The minimum atomic E-state index is 0.601. The van der Waals surface area contributed by atoms with E-state index >= 15 is 0 Å². The third kappa shape index (κ3) is 4.53. The highest BCUT2D eigenvalue weighted by molar-refractivity contribution is 6.14. The predicted octanol–water partition coefficient (Wildman–Crippen LogP) is 12.3. The quantitative estimate of drug-likeness (QED) is 0.187. The van der Waals surface area contributed by atoms with Crippen molar-refractivity contribution in [3.05, 3.63) is 163 Å². The molecule has 3 heterocycles. The largest absolute Gasteiger partial charge is 0.456 e. The first kappa shape index (κ1) is 28.9. The van der Waals surface area contributed by atoms with Crippen LogP contribution < -0.4 is 0 Å². The monoisotopic (exact) mass is 667 g/mol. The SMILES string of the molecule is C1=C(c2nc(-c3cccc4oc5ccccc5c34)nc(-c3cc(-c4ccccc4)cc4oc5ccccc5c34)n2)CCc2c1ccc1ccccc21. The van der Waals surface area contributed by atoms with Crippen LogP contribution in [0.2, 0.25) is 0 Å². The molecule has 0 N–H and O–H groups in total. The van der Waals surface area contributed by atoms with E-state index in [0.29, 0.717) is 17.5 Å². The van der Waals surface area contributed by atoms with Gasteiger partial charge in [0.1, 0.15) is 22.3 Å². The highest BCUT2D eigenvalue weighted by Crippen LogP contribution is 2.42. The van der Waals surface area contributed by atoms with Crippen LogP contribution in [-0.2, 0) is 6.42 Å². The van der Waals surface area contributed by atoms with Gasteiger partial charge in [-0.3, -0.25) is 0 Å². The summed E-state index contributed by atoms with van der Waals surface area (Å²) in [5.74, 6) is 1.88. The van der Waals surface area contributed by atoms with Gasteiger partial charge in [-0.15, -0.1) is 0 Å². The first-order valence-corrected chi connectivity index (χ1v) is 17.6. The molecule has 10 aromatic rings. The minimum Gasteiger partial charge on any atom is -0.456 e. The molecule has 0 amide bonds. The van der Waals surface area contributed by atoms with Crippen LogP contribution in [0.4, 0.5) is 0 Å². The average molecular weight is 668 g/mol. The van der Waals surface area contributed by atoms with E-state index in [1.165, 1.54) is 21.9 Å². The van der Waals surface area contributed by atoms with Crippen molar-refractivity contribution in [1.82, 2.24) is 15.0 Å². The van der Waals surface area contributed by atoms with Crippen LogP contribution in [0.3, 0.4) is 0 Å². The maximum absolute atomic E-state index is 6.51. The van der Waals surface area contributed by atoms with Gasteiger partial charge in [0.05, 0.1) is 0 Å². The molecule has 0 saturated heterocycles. The Morgan fingerprint density at radius 1 is 0.423 bits per heavy atom. The molecule has 0 unspecified atom stereocenters. The van der Waals surface area contributed by atoms with E-state index in [4.69, 9.17) is 23.8 Å². The third-order valence-electron chi connectivity index (χ3n) is 10.4. The molecule has 7 aromatic carbocycles. The number of allylic oxidation sites excluding steroid dienone is 1. The van der Waals surface area contributed by atoms with Gasteiger partial charge in [0.2, 0.25) is 0 Å². The van der Waals surface area contributed by atoms with E-state index in [2.05, 4.69) is 103 Å². The Kier molecular flexibility index (Phi) is 6.31. The molecule has 5 heteroatoms. The zero-order valence-electron chi connectivity index (χ0n) is 28.0. The van der Waals surface area contributed by atoms with Gasteiger partial charge in [0, 0.05) is 32.7 Å². The number of aromatic nitrogens is 3. The maximum Gasteiger partial charge on any atom is 0.164 e. The van der Waals surface area contributed by atoms with Crippen molar-refractivity contribution >= 4 is 66.3 Å². The lowest BCUT2D eigenvalue weighted by Gasteiger charge is -2.19. The van der Waals surface area contributed by atoms with Crippen molar-refractivity contribution in [2.45, 2.75) is 12.8 Å². The molecule has 5 nitrogen and oxygen atoms in total. The fourth-order valence-electron chi connectivity index (χ4n) is 8.01. The molecule has 244 valence electrons. The van der Waals surface area contributed by atoms with E-state index in [9.17, 15) is 0 Å². The lowest BCUT2D eigenvalue weighted by atomic mass is 9.88. The standard InChI is InChI=1S/C47H29N3O2/c1-2-11-28(12-3-1)32-26-38(44-36-16-7-9-19-40(36)52-42(44)27-32)47-49-45(31-23-24-34-30(25-31)22-21-29-13-4-5-14-33(29)34)48-46(50-47)37-17-10-20-41-43(37)35-15-6-8-18-39(35)51-41/h1-22,25-27H,23-24H2. The van der Waals surface area contributed by atoms with Crippen molar-refractivity contribution in [2.24, 2.45) is 0 Å².